The summed E-state index contributed by atoms with van der Waals surface area (Å²) in [4.78, 5) is 0. The van der Waals surface area contributed by atoms with E-state index in [-0.39, 0.29) is 0 Å². The van der Waals surface area contributed by atoms with E-state index in [2.05, 4.69) is 46.4 Å². The number of aryl methyl sites for hydroxylation is 2. The van der Waals surface area contributed by atoms with E-state index in [0.717, 1.165) is 29.1 Å². The second-order valence-electron chi connectivity index (χ2n) is 4.20. The van der Waals surface area contributed by atoms with Crippen molar-refractivity contribution in [1.82, 2.24) is 5.32 Å². The van der Waals surface area contributed by atoms with Crippen LogP contribution in [0.5, 0.6) is 0 Å². The first-order valence-corrected chi connectivity index (χ1v) is 6.45. The van der Waals surface area contributed by atoms with Crippen LogP contribution in [0.2, 0.25) is 0 Å². The molecule has 1 aromatic carbocycles. The van der Waals surface area contributed by atoms with Crippen LogP contribution < -0.4 is 5.32 Å². The summed E-state index contributed by atoms with van der Waals surface area (Å²) in [6.07, 6.45) is 0. The summed E-state index contributed by atoms with van der Waals surface area (Å²) in [6, 6.07) is 10.4. The number of hydrogen-bond donors (Lipinski definition) is 1. The minimum Gasteiger partial charge on any atom is -0.465 e. The van der Waals surface area contributed by atoms with E-state index in [1.54, 1.807) is 0 Å². The highest BCUT2D eigenvalue weighted by molar-refractivity contribution is 9.10. The Morgan fingerprint density at radius 3 is 2.59 bits per heavy atom. The SMILES string of the molecule is Cc1ccc(CNCc2ccc(Br)c(C)c2)o1. The first kappa shape index (κ1) is 12.4. The quantitative estimate of drug-likeness (QED) is 0.923. The van der Waals surface area contributed by atoms with Crippen LogP contribution in [-0.4, -0.2) is 0 Å². The van der Waals surface area contributed by atoms with Crippen LogP contribution in [0.3, 0.4) is 0 Å². The van der Waals surface area contributed by atoms with Crippen molar-refractivity contribution in [3.8, 4) is 0 Å². The molecule has 2 rings (SSSR count). The van der Waals surface area contributed by atoms with Crippen molar-refractivity contribution in [3.05, 3.63) is 57.5 Å². The van der Waals surface area contributed by atoms with Gasteiger partial charge in [-0.3, -0.25) is 0 Å². The van der Waals surface area contributed by atoms with Crippen molar-refractivity contribution < 1.29 is 4.42 Å². The Balaban J connectivity index is 1.87. The van der Waals surface area contributed by atoms with Gasteiger partial charge in [-0.05, 0) is 43.2 Å². The lowest BCUT2D eigenvalue weighted by Crippen LogP contribution is -2.12. The highest BCUT2D eigenvalue weighted by Gasteiger charge is 2.00. The molecule has 0 spiro atoms. The number of furan rings is 1. The molecule has 0 saturated heterocycles. The zero-order chi connectivity index (χ0) is 12.3. The molecule has 3 heteroatoms. The summed E-state index contributed by atoms with van der Waals surface area (Å²) in [5, 5.41) is 3.37. The molecule has 2 nitrogen and oxygen atoms in total. The summed E-state index contributed by atoms with van der Waals surface area (Å²) in [5.74, 6) is 1.94. The molecule has 0 atom stereocenters. The average molecular weight is 294 g/mol. The lowest BCUT2D eigenvalue weighted by atomic mass is 10.1. The molecule has 0 bridgehead atoms. The zero-order valence-electron chi connectivity index (χ0n) is 10.1. The molecule has 90 valence electrons. The highest BCUT2D eigenvalue weighted by Crippen LogP contribution is 2.17. The predicted octanol–water partition coefficient (Wildman–Crippen LogP) is 3.95. The van der Waals surface area contributed by atoms with Crippen molar-refractivity contribution in [3.63, 3.8) is 0 Å². The van der Waals surface area contributed by atoms with Gasteiger partial charge >= 0.3 is 0 Å². The molecule has 0 aliphatic heterocycles. The molecular formula is C14H16BrNO. The standard InChI is InChI=1S/C14H16BrNO/c1-10-7-12(4-6-14(10)15)8-16-9-13-5-3-11(2)17-13/h3-7,16H,8-9H2,1-2H3. The van der Waals surface area contributed by atoms with E-state index >= 15 is 0 Å². The van der Waals surface area contributed by atoms with Crippen molar-refractivity contribution in [2.45, 2.75) is 26.9 Å². The normalized spacial score (nSPS) is 10.8. The Morgan fingerprint density at radius 1 is 1.12 bits per heavy atom. The third-order valence-electron chi connectivity index (χ3n) is 2.65. The zero-order valence-corrected chi connectivity index (χ0v) is 11.7. The second kappa shape index (κ2) is 5.52. The van der Waals surface area contributed by atoms with Crippen LogP contribution in [0.15, 0.2) is 39.2 Å². The van der Waals surface area contributed by atoms with Gasteiger partial charge in [0, 0.05) is 11.0 Å². The maximum Gasteiger partial charge on any atom is 0.117 e. The fraction of sp³-hybridized carbons (Fsp3) is 0.286. The number of nitrogens with one attached hydrogen (secondary N) is 1. The van der Waals surface area contributed by atoms with Gasteiger partial charge < -0.3 is 9.73 Å². The lowest BCUT2D eigenvalue weighted by molar-refractivity contribution is 0.461. The van der Waals surface area contributed by atoms with Crippen molar-refractivity contribution >= 4 is 15.9 Å². The first-order valence-electron chi connectivity index (χ1n) is 5.66. The summed E-state index contributed by atoms with van der Waals surface area (Å²) in [5.41, 5.74) is 2.55. The molecule has 0 amide bonds. The first-order chi connectivity index (χ1) is 8.15. The van der Waals surface area contributed by atoms with E-state index in [9.17, 15) is 0 Å². The van der Waals surface area contributed by atoms with Gasteiger partial charge in [0.05, 0.1) is 6.54 Å². The summed E-state index contributed by atoms with van der Waals surface area (Å²) in [7, 11) is 0. The number of benzene rings is 1. The molecule has 0 radical (unpaired) electrons. The van der Waals surface area contributed by atoms with Crippen molar-refractivity contribution in [2.24, 2.45) is 0 Å². The van der Waals surface area contributed by atoms with Gasteiger partial charge in [0.25, 0.3) is 0 Å². The smallest absolute Gasteiger partial charge is 0.117 e. The molecule has 1 heterocycles. The summed E-state index contributed by atoms with van der Waals surface area (Å²) < 4.78 is 6.65. The molecule has 1 N–H and O–H groups in total. The fourth-order valence-corrected chi connectivity index (χ4v) is 1.97. The molecule has 0 fully saturated rings. The Morgan fingerprint density at radius 2 is 1.94 bits per heavy atom. The van der Waals surface area contributed by atoms with E-state index in [1.165, 1.54) is 11.1 Å². The Labute approximate surface area is 110 Å². The lowest BCUT2D eigenvalue weighted by Gasteiger charge is -2.05. The maximum atomic E-state index is 5.49. The van der Waals surface area contributed by atoms with E-state index in [1.807, 2.05) is 19.1 Å². The Bertz CT molecular complexity index is 505. The van der Waals surface area contributed by atoms with Gasteiger partial charge in [0.1, 0.15) is 11.5 Å². The van der Waals surface area contributed by atoms with Gasteiger partial charge in [-0.15, -0.1) is 0 Å². The van der Waals surface area contributed by atoms with Crippen LogP contribution in [0.4, 0.5) is 0 Å². The molecule has 0 saturated carbocycles. The number of halogens is 1. The van der Waals surface area contributed by atoms with Crippen molar-refractivity contribution in [2.75, 3.05) is 0 Å². The number of rotatable bonds is 4. The molecule has 1 aromatic heterocycles. The van der Waals surface area contributed by atoms with Gasteiger partial charge in [-0.1, -0.05) is 28.1 Å². The van der Waals surface area contributed by atoms with Gasteiger partial charge in [-0.25, -0.2) is 0 Å². The van der Waals surface area contributed by atoms with E-state index < -0.39 is 0 Å². The maximum absolute atomic E-state index is 5.49. The van der Waals surface area contributed by atoms with E-state index in [4.69, 9.17) is 4.42 Å². The molecule has 0 unspecified atom stereocenters. The molecular weight excluding hydrogens is 278 g/mol. The fourth-order valence-electron chi connectivity index (χ4n) is 1.73. The Hall–Kier alpha value is -1.06. The monoisotopic (exact) mass is 293 g/mol. The van der Waals surface area contributed by atoms with Crippen LogP contribution in [0.25, 0.3) is 0 Å². The summed E-state index contributed by atoms with van der Waals surface area (Å²) in [6.45, 7) is 5.68. The van der Waals surface area contributed by atoms with E-state index in [0.29, 0.717) is 0 Å². The van der Waals surface area contributed by atoms with Gasteiger partial charge in [0.15, 0.2) is 0 Å². The third kappa shape index (κ3) is 3.45. The number of hydrogen-bond acceptors (Lipinski definition) is 2. The minimum atomic E-state index is 0.767. The predicted molar refractivity (Wildman–Crippen MR) is 72.9 cm³/mol. The van der Waals surface area contributed by atoms with Crippen LogP contribution in [0, 0.1) is 13.8 Å². The average Bonchev–Trinajstić information content (AvgIpc) is 2.70. The minimum absolute atomic E-state index is 0.767. The second-order valence-corrected chi connectivity index (χ2v) is 5.05. The van der Waals surface area contributed by atoms with Crippen LogP contribution >= 0.6 is 15.9 Å². The summed E-state index contributed by atoms with van der Waals surface area (Å²) >= 11 is 3.50. The van der Waals surface area contributed by atoms with Gasteiger partial charge in [-0.2, -0.15) is 0 Å². The molecule has 17 heavy (non-hydrogen) atoms. The topological polar surface area (TPSA) is 25.2 Å². The largest absolute Gasteiger partial charge is 0.465 e. The van der Waals surface area contributed by atoms with Crippen LogP contribution in [-0.2, 0) is 13.1 Å². The Kier molecular flexibility index (Phi) is 4.02. The van der Waals surface area contributed by atoms with Crippen molar-refractivity contribution in [1.29, 1.82) is 0 Å². The molecule has 2 aromatic rings. The molecule has 0 aliphatic rings. The highest BCUT2D eigenvalue weighted by atomic mass is 79.9. The van der Waals surface area contributed by atoms with Gasteiger partial charge in [0.2, 0.25) is 0 Å². The molecule has 0 aliphatic carbocycles. The third-order valence-corrected chi connectivity index (χ3v) is 3.54. The van der Waals surface area contributed by atoms with Crippen LogP contribution in [0.1, 0.15) is 22.6 Å².